The van der Waals surface area contributed by atoms with Gasteiger partial charge in [-0.1, -0.05) is 30.3 Å². The fourth-order valence-electron chi connectivity index (χ4n) is 4.03. The van der Waals surface area contributed by atoms with Crippen LogP contribution in [-0.4, -0.2) is 22.9 Å². The minimum atomic E-state index is -0.903. The number of aryl methyl sites for hydroxylation is 1. The summed E-state index contributed by atoms with van der Waals surface area (Å²) in [5.41, 5.74) is 2.07. The highest BCUT2D eigenvalue weighted by atomic mass is 19.1. The Labute approximate surface area is 191 Å². The van der Waals surface area contributed by atoms with Crippen LogP contribution in [0.1, 0.15) is 36.6 Å². The first-order valence-corrected chi connectivity index (χ1v) is 10.7. The van der Waals surface area contributed by atoms with Gasteiger partial charge in [-0.05, 0) is 74.4 Å². The van der Waals surface area contributed by atoms with E-state index in [9.17, 15) is 19.1 Å². The molecule has 1 saturated heterocycles. The molecule has 1 aliphatic heterocycles. The Morgan fingerprint density at radius 1 is 1.00 bits per heavy atom. The maximum atomic E-state index is 14.0. The highest BCUT2D eigenvalue weighted by molar-refractivity contribution is 6.51. The summed E-state index contributed by atoms with van der Waals surface area (Å²) in [6, 6.07) is 18.6. The second kappa shape index (κ2) is 8.90. The first-order valence-electron chi connectivity index (χ1n) is 10.7. The van der Waals surface area contributed by atoms with Gasteiger partial charge in [0.05, 0.1) is 17.7 Å². The molecule has 1 N–H and O–H groups in total. The zero-order chi connectivity index (χ0) is 23.7. The van der Waals surface area contributed by atoms with E-state index in [0.717, 1.165) is 5.56 Å². The Kier molecular flexibility index (Phi) is 6.01. The summed E-state index contributed by atoms with van der Waals surface area (Å²) < 4.78 is 19.6. The van der Waals surface area contributed by atoms with Crippen molar-refractivity contribution in [2.45, 2.75) is 32.9 Å². The van der Waals surface area contributed by atoms with Gasteiger partial charge < -0.3 is 9.84 Å². The third kappa shape index (κ3) is 4.24. The SMILES string of the molecule is Cc1ccccc1C1/C(=C(\O)c2ccc(OC(C)C)cc2)C(=O)C(=O)N1c1cccc(F)c1. The molecule has 1 fully saturated rings. The van der Waals surface area contributed by atoms with E-state index in [2.05, 4.69) is 0 Å². The number of aliphatic hydroxyl groups excluding tert-OH is 1. The van der Waals surface area contributed by atoms with E-state index < -0.39 is 23.5 Å². The first kappa shape index (κ1) is 22.3. The van der Waals surface area contributed by atoms with Crippen LogP contribution in [0.4, 0.5) is 10.1 Å². The molecular weight excluding hydrogens is 421 g/mol. The molecule has 168 valence electrons. The Morgan fingerprint density at radius 2 is 1.70 bits per heavy atom. The summed E-state index contributed by atoms with van der Waals surface area (Å²) in [6.07, 6.45) is -0.0119. The average molecular weight is 445 g/mol. The summed E-state index contributed by atoms with van der Waals surface area (Å²) >= 11 is 0. The molecule has 3 aromatic rings. The minimum Gasteiger partial charge on any atom is -0.507 e. The zero-order valence-corrected chi connectivity index (χ0v) is 18.6. The number of nitrogens with zero attached hydrogens (tertiary/aromatic N) is 1. The summed E-state index contributed by atoms with van der Waals surface area (Å²) in [4.78, 5) is 27.5. The lowest BCUT2D eigenvalue weighted by Gasteiger charge is -2.26. The van der Waals surface area contributed by atoms with Gasteiger partial charge in [-0.3, -0.25) is 14.5 Å². The molecular formula is C27H24FNO4. The third-order valence-corrected chi connectivity index (χ3v) is 5.51. The molecule has 0 spiro atoms. The number of benzene rings is 3. The summed E-state index contributed by atoms with van der Waals surface area (Å²) in [6.45, 7) is 5.67. The number of ketones is 1. The molecule has 0 aromatic heterocycles. The zero-order valence-electron chi connectivity index (χ0n) is 18.6. The van der Waals surface area contributed by atoms with Crippen molar-refractivity contribution in [1.82, 2.24) is 0 Å². The summed E-state index contributed by atoms with van der Waals surface area (Å²) in [5, 5.41) is 11.2. The standard InChI is InChI=1S/C27H24FNO4/c1-16(2)33-21-13-11-18(12-14-21)25(30)23-24(22-10-5-4-7-17(22)3)29(27(32)26(23)31)20-9-6-8-19(28)15-20/h4-16,24,30H,1-3H3/b25-23+. The van der Waals surface area contributed by atoms with E-state index in [-0.39, 0.29) is 23.1 Å². The fourth-order valence-corrected chi connectivity index (χ4v) is 4.03. The highest BCUT2D eigenvalue weighted by Gasteiger charge is 2.47. The van der Waals surface area contributed by atoms with E-state index >= 15 is 0 Å². The van der Waals surface area contributed by atoms with Crippen LogP contribution in [0.3, 0.4) is 0 Å². The van der Waals surface area contributed by atoms with E-state index in [1.54, 1.807) is 42.5 Å². The van der Waals surface area contributed by atoms with Crippen LogP contribution < -0.4 is 9.64 Å². The molecule has 1 atom stereocenters. The molecule has 1 aliphatic rings. The van der Waals surface area contributed by atoms with Crippen molar-refractivity contribution in [1.29, 1.82) is 0 Å². The van der Waals surface area contributed by atoms with Crippen molar-refractivity contribution in [3.8, 4) is 5.75 Å². The molecule has 1 amide bonds. The van der Waals surface area contributed by atoms with Gasteiger partial charge in [0.2, 0.25) is 0 Å². The van der Waals surface area contributed by atoms with Crippen molar-refractivity contribution in [2.24, 2.45) is 0 Å². The highest BCUT2D eigenvalue weighted by Crippen LogP contribution is 2.43. The number of aliphatic hydroxyl groups is 1. The normalized spacial score (nSPS) is 17.6. The van der Waals surface area contributed by atoms with Crippen molar-refractivity contribution >= 4 is 23.1 Å². The molecule has 1 unspecified atom stereocenters. The van der Waals surface area contributed by atoms with Gasteiger partial charge in [-0.2, -0.15) is 0 Å². The largest absolute Gasteiger partial charge is 0.507 e. The number of Topliss-reactive ketones (excluding diaryl/α,β-unsaturated/α-hetero) is 1. The number of hydrogen-bond acceptors (Lipinski definition) is 4. The number of halogens is 1. The van der Waals surface area contributed by atoms with Crippen LogP contribution in [-0.2, 0) is 9.59 Å². The third-order valence-electron chi connectivity index (χ3n) is 5.51. The fraction of sp³-hybridized carbons (Fsp3) is 0.185. The van der Waals surface area contributed by atoms with E-state index in [1.165, 1.54) is 23.1 Å². The van der Waals surface area contributed by atoms with Crippen LogP contribution in [0.2, 0.25) is 0 Å². The van der Waals surface area contributed by atoms with Gasteiger partial charge in [-0.25, -0.2) is 4.39 Å². The van der Waals surface area contributed by atoms with Crippen molar-refractivity contribution in [3.63, 3.8) is 0 Å². The Balaban J connectivity index is 1.89. The second-order valence-electron chi connectivity index (χ2n) is 8.20. The van der Waals surface area contributed by atoms with Gasteiger partial charge in [0, 0.05) is 11.3 Å². The Hall–Kier alpha value is -3.93. The Bertz CT molecular complexity index is 1250. The molecule has 6 heteroatoms. The number of rotatable bonds is 5. The lowest BCUT2D eigenvalue weighted by Crippen LogP contribution is -2.29. The van der Waals surface area contributed by atoms with Crippen molar-refractivity contribution < 1.29 is 23.8 Å². The lowest BCUT2D eigenvalue weighted by molar-refractivity contribution is -0.132. The maximum absolute atomic E-state index is 14.0. The van der Waals surface area contributed by atoms with Crippen LogP contribution in [0.15, 0.2) is 78.4 Å². The topological polar surface area (TPSA) is 66.8 Å². The van der Waals surface area contributed by atoms with Gasteiger partial charge >= 0.3 is 0 Å². The number of carbonyl (C=O) groups is 2. The number of hydrogen-bond donors (Lipinski definition) is 1. The van der Waals surface area contributed by atoms with E-state index in [4.69, 9.17) is 4.74 Å². The van der Waals surface area contributed by atoms with Crippen LogP contribution in [0, 0.1) is 12.7 Å². The molecule has 0 aliphatic carbocycles. The second-order valence-corrected chi connectivity index (χ2v) is 8.20. The molecule has 1 heterocycles. The predicted molar refractivity (Wildman–Crippen MR) is 125 cm³/mol. The van der Waals surface area contributed by atoms with Gasteiger partial charge in [0.15, 0.2) is 0 Å². The molecule has 0 radical (unpaired) electrons. The van der Waals surface area contributed by atoms with Crippen LogP contribution in [0.25, 0.3) is 5.76 Å². The number of carbonyl (C=O) groups excluding carboxylic acids is 2. The van der Waals surface area contributed by atoms with Crippen LogP contribution in [0.5, 0.6) is 5.75 Å². The molecule has 33 heavy (non-hydrogen) atoms. The predicted octanol–water partition coefficient (Wildman–Crippen LogP) is 5.55. The number of anilines is 1. The summed E-state index contributed by atoms with van der Waals surface area (Å²) in [5.74, 6) is -1.85. The lowest BCUT2D eigenvalue weighted by atomic mass is 9.92. The van der Waals surface area contributed by atoms with Gasteiger partial charge in [-0.15, -0.1) is 0 Å². The number of amides is 1. The van der Waals surface area contributed by atoms with Crippen molar-refractivity contribution in [2.75, 3.05) is 4.90 Å². The Morgan fingerprint density at radius 3 is 2.33 bits per heavy atom. The molecule has 0 bridgehead atoms. The van der Waals surface area contributed by atoms with Crippen molar-refractivity contribution in [3.05, 3.63) is 101 Å². The smallest absolute Gasteiger partial charge is 0.300 e. The summed E-state index contributed by atoms with van der Waals surface area (Å²) in [7, 11) is 0. The van der Waals surface area contributed by atoms with Gasteiger partial charge in [0.25, 0.3) is 11.7 Å². The van der Waals surface area contributed by atoms with E-state index in [0.29, 0.717) is 16.9 Å². The monoisotopic (exact) mass is 445 g/mol. The minimum absolute atomic E-state index is 0.0119. The first-order chi connectivity index (χ1) is 15.8. The molecule has 4 rings (SSSR count). The molecule has 5 nitrogen and oxygen atoms in total. The van der Waals surface area contributed by atoms with E-state index in [1.807, 2.05) is 32.9 Å². The van der Waals surface area contributed by atoms with Crippen LogP contribution >= 0.6 is 0 Å². The van der Waals surface area contributed by atoms with Gasteiger partial charge in [0.1, 0.15) is 17.3 Å². The maximum Gasteiger partial charge on any atom is 0.300 e. The molecule has 0 saturated carbocycles. The number of ether oxygens (including phenoxy) is 1. The molecule has 3 aromatic carbocycles. The quantitative estimate of drug-likeness (QED) is 0.318. The average Bonchev–Trinajstić information content (AvgIpc) is 3.04.